The van der Waals surface area contributed by atoms with Crippen LogP contribution in [0.5, 0.6) is 0 Å². The number of hydrogen-bond donors (Lipinski definition) is 0. The smallest absolute Gasteiger partial charge is 0.0842 e. The molecule has 0 aliphatic carbocycles. The van der Waals surface area contributed by atoms with E-state index < -0.39 is 0 Å². The number of benzene rings is 1. The Morgan fingerprint density at radius 1 is 1.23 bits per heavy atom. The number of hydrogen-bond acceptors (Lipinski definition) is 2. The maximum absolute atomic E-state index is 8.78. The molecule has 0 aliphatic rings. The van der Waals surface area contributed by atoms with Crippen LogP contribution in [0.1, 0.15) is 23.5 Å². The lowest BCUT2D eigenvalue weighted by Gasteiger charge is -2.04. The van der Waals surface area contributed by atoms with Crippen LogP contribution >= 0.6 is 0 Å². The summed E-state index contributed by atoms with van der Waals surface area (Å²) in [5.74, 6) is -0.286. The van der Waals surface area contributed by atoms with Gasteiger partial charge in [-0.05, 0) is 12.5 Å². The third-order valence-electron chi connectivity index (χ3n) is 1.93. The molecule has 64 valence electrons. The van der Waals surface area contributed by atoms with Crippen molar-refractivity contribution >= 4 is 0 Å². The highest BCUT2D eigenvalue weighted by Crippen LogP contribution is 2.18. The minimum absolute atomic E-state index is 0.263. The second-order valence-electron chi connectivity index (χ2n) is 2.95. The van der Waals surface area contributed by atoms with Crippen LogP contribution in [0.3, 0.4) is 0 Å². The van der Waals surface area contributed by atoms with Crippen molar-refractivity contribution < 1.29 is 0 Å². The summed E-state index contributed by atoms with van der Waals surface area (Å²) in [7, 11) is 0. The lowest BCUT2D eigenvalue weighted by Crippen LogP contribution is -1.93. The molecule has 0 saturated heterocycles. The van der Waals surface area contributed by atoms with Crippen LogP contribution in [0, 0.1) is 29.6 Å². The van der Waals surface area contributed by atoms with E-state index in [1.54, 1.807) is 0 Å². The topological polar surface area (TPSA) is 47.6 Å². The predicted molar refractivity (Wildman–Crippen MR) is 49.8 cm³/mol. The van der Waals surface area contributed by atoms with E-state index in [0.29, 0.717) is 0 Å². The quantitative estimate of drug-likeness (QED) is 0.684. The van der Waals surface area contributed by atoms with Gasteiger partial charge in [-0.25, -0.2) is 0 Å². The van der Waals surface area contributed by atoms with Crippen molar-refractivity contribution in [2.45, 2.75) is 19.3 Å². The van der Waals surface area contributed by atoms with Gasteiger partial charge in [-0.15, -0.1) is 0 Å². The summed E-state index contributed by atoms with van der Waals surface area (Å²) in [5.41, 5.74) is 2.09. The van der Waals surface area contributed by atoms with Crippen molar-refractivity contribution in [3.63, 3.8) is 0 Å². The number of aryl methyl sites for hydroxylation is 1. The fourth-order valence-corrected chi connectivity index (χ4v) is 1.13. The predicted octanol–water partition coefficient (Wildman–Crippen LogP) is 2.52. The van der Waals surface area contributed by atoms with Gasteiger partial charge in [0, 0.05) is 0 Å². The molecule has 1 aromatic rings. The highest BCUT2D eigenvalue weighted by molar-refractivity contribution is 5.28. The second kappa shape index (κ2) is 4.28. The van der Waals surface area contributed by atoms with E-state index in [-0.39, 0.29) is 12.3 Å². The minimum Gasteiger partial charge on any atom is -0.198 e. The van der Waals surface area contributed by atoms with Crippen LogP contribution in [-0.2, 0) is 0 Å². The number of nitrogens with zero attached hydrogens (tertiary/aromatic N) is 2. The highest BCUT2D eigenvalue weighted by Gasteiger charge is 2.08. The summed E-state index contributed by atoms with van der Waals surface area (Å²) < 4.78 is 0. The van der Waals surface area contributed by atoms with Gasteiger partial charge in [0.25, 0.3) is 0 Å². The van der Waals surface area contributed by atoms with Crippen LogP contribution < -0.4 is 0 Å². The fourth-order valence-electron chi connectivity index (χ4n) is 1.13. The van der Waals surface area contributed by atoms with E-state index in [1.165, 1.54) is 0 Å². The van der Waals surface area contributed by atoms with Gasteiger partial charge in [0.1, 0.15) is 0 Å². The Bertz CT molecular complexity index is 351. The summed E-state index contributed by atoms with van der Waals surface area (Å²) in [4.78, 5) is 0. The highest BCUT2D eigenvalue weighted by atomic mass is 14.3. The Morgan fingerprint density at radius 2 is 1.85 bits per heavy atom. The molecular formula is C11H10N2. The van der Waals surface area contributed by atoms with E-state index in [0.717, 1.165) is 11.1 Å². The monoisotopic (exact) mass is 170 g/mol. The molecule has 0 fully saturated rings. The molecule has 1 aromatic carbocycles. The van der Waals surface area contributed by atoms with Crippen LogP contribution in [0.25, 0.3) is 0 Å². The fraction of sp³-hybridized carbons (Fsp3) is 0.273. The molecule has 0 bridgehead atoms. The standard InChI is InChI=1S/C11H10N2/c1-9-2-4-10(5-3-9)11(8-13)6-7-12/h2-5,11H,6H2,1H3. The van der Waals surface area contributed by atoms with Crippen molar-refractivity contribution in [1.29, 1.82) is 10.5 Å². The average Bonchev–Trinajstić information content (AvgIpc) is 2.16. The largest absolute Gasteiger partial charge is 0.198 e. The second-order valence-corrected chi connectivity index (χ2v) is 2.95. The summed E-state index contributed by atoms with van der Waals surface area (Å²) >= 11 is 0. The molecule has 0 amide bonds. The molecule has 0 radical (unpaired) electrons. The summed E-state index contributed by atoms with van der Waals surface area (Å²) in [6, 6.07) is 11.8. The Balaban J connectivity index is 2.89. The molecule has 1 rings (SSSR count). The van der Waals surface area contributed by atoms with E-state index in [9.17, 15) is 0 Å². The van der Waals surface area contributed by atoms with Gasteiger partial charge in [0.05, 0.1) is 24.5 Å². The SMILES string of the molecule is Cc1ccc(C(C#N)CC#N)cc1. The molecule has 13 heavy (non-hydrogen) atoms. The lowest BCUT2D eigenvalue weighted by molar-refractivity contribution is 0.886. The first kappa shape index (κ1) is 9.29. The van der Waals surface area contributed by atoms with Crippen LogP contribution in [-0.4, -0.2) is 0 Å². The third-order valence-corrected chi connectivity index (χ3v) is 1.93. The molecule has 0 aliphatic heterocycles. The lowest BCUT2D eigenvalue weighted by atomic mass is 9.97. The van der Waals surface area contributed by atoms with Gasteiger partial charge in [-0.3, -0.25) is 0 Å². The van der Waals surface area contributed by atoms with Crippen molar-refractivity contribution in [3.8, 4) is 12.1 Å². The maximum Gasteiger partial charge on any atom is 0.0842 e. The average molecular weight is 170 g/mol. The van der Waals surface area contributed by atoms with Gasteiger partial charge in [-0.1, -0.05) is 29.8 Å². The van der Waals surface area contributed by atoms with Crippen molar-refractivity contribution in [2.24, 2.45) is 0 Å². The zero-order valence-electron chi connectivity index (χ0n) is 7.49. The summed E-state index contributed by atoms with van der Waals surface area (Å²) in [6.07, 6.45) is 0.263. The Labute approximate surface area is 78.0 Å². The van der Waals surface area contributed by atoms with E-state index in [2.05, 4.69) is 6.07 Å². The van der Waals surface area contributed by atoms with Gasteiger partial charge in [0.2, 0.25) is 0 Å². The maximum atomic E-state index is 8.78. The first-order chi connectivity index (χ1) is 6.27. The minimum atomic E-state index is -0.286. The number of rotatable bonds is 2. The molecule has 0 N–H and O–H groups in total. The van der Waals surface area contributed by atoms with Crippen molar-refractivity contribution in [1.82, 2.24) is 0 Å². The molecular weight excluding hydrogens is 160 g/mol. The Kier molecular flexibility index (Phi) is 3.06. The van der Waals surface area contributed by atoms with Gasteiger partial charge >= 0.3 is 0 Å². The van der Waals surface area contributed by atoms with Crippen LogP contribution in [0.15, 0.2) is 24.3 Å². The van der Waals surface area contributed by atoms with Gasteiger partial charge in [0.15, 0.2) is 0 Å². The third kappa shape index (κ3) is 2.32. The van der Waals surface area contributed by atoms with E-state index in [1.807, 2.05) is 37.3 Å². The van der Waals surface area contributed by atoms with Gasteiger partial charge < -0.3 is 0 Å². The molecule has 0 spiro atoms. The Hall–Kier alpha value is -1.80. The summed E-state index contributed by atoms with van der Waals surface area (Å²) in [6.45, 7) is 2.00. The molecule has 1 atom stereocenters. The van der Waals surface area contributed by atoms with Crippen molar-refractivity contribution in [3.05, 3.63) is 35.4 Å². The summed E-state index contributed by atoms with van der Waals surface area (Å²) in [5, 5.41) is 17.3. The van der Waals surface area contributed by atoms with E-state index >= 15 is 0 Å². The Morgan fingerprint density at radius 3 is 2.31 bits per heavy atom. The molecule has 1 unspecified atom stereocenters. The molecule has 0 aromatic heterocycles. The molecule has 2 nitrogen and oxygen atoms in total. The van der Waals surface area contributed by atoms with Crippen LogP contribution in [0.4, 0.5) is 0 Å². The van der Waals surface area contributed by atoms with Gasteiger partial charge in [-0.2, -0.15) is 10.5 Å². The normalized spacial score (nSPS) is 11.3. The zero-order chi connectivity index (χ0) is 9.68. The molecule has 0 saturated carbocycles. The molecule has 0 heterocycles. The van der Waals surface area contributed by atoms with Crippen molar-refractivity contribution in [2.75, 3.05) is 0 Å². The molecule has 2 heteroatoms. The number of nitriles is 2. The first-order valence-electron chi connectivity index (χ1n) is 4.11. The zero-order valence-corrected chi connectivity index (χ0v) is 7.49. The van der Waals surface area contributed by atoms with E-state index in [4.69, 9.17) is 10.5 Å². The van der Waals surface area contributed by atoms with Crippen LogP contribution in [0.2, 0.25) is 0 Å². The first-order valence-corrected chi connectivity index (χ1v) is 4.11.